The Balaban J connectivity index is 1.55. The highest BCUT2D eigenvalue weighted by molar-refractivity contribution is 6.01. The lowest BCUT2D eigenvalue weighted by Gasteiger charge is -2.21. The van der Waals surface area contributed by atoms with Crippen LogP contribution >= 0.6 is 0 Å². The van der Waals surface area contributed by atoms with Gasteiger partial charge < -0.3 is 15.2 Å². The van der Waals surface area contributed by atoms with Crippen molar-refractivity contribution in [2.75, 3.05) is 0 Å². The van der Waals surface area contributed by atoms with Gasteiger partial charge in [0.15, 0.2) is 0 Å². The molecule has 0 spiro atoms. The highest BCUT2D eigenvalue weighted by Crippen LogP contribution is 2.73. The molecule has 4 unspecified atom stereocenters. The van der Waals surface area contributed by atoms with Crippen LogP contribution in [0.4, 0.5) is 0 Å². The fourth-order valence-electron chi connectivity index (χ4n) is 5.59. The highest BCUT2D eigenvalue weighted by Gasteiger charge is 2.73. The molecule has 1 amide bonds. The van der Waals surface area contributed by atoms with Gasteiger partial charge in [0.2, 0.25) is 0 Å². The molecule has 1 aromatic carbocycles. The average molecular weight is 352 g/mol. The molecule has 4 fully saturated rings. The van der Waals surface area contributed by atoms with Gasteiger partial charge in [0.25, 0.3) is 5.91 Å². The number of primary amides is 1. The van der Waals surface area contributed by atoms with Crippen molar-refractivity contribution in [2.45, 2.75) is 39.4 Å². The smallest absolute Gasteiger partial charge is 0.252 e. The molecule has 1 heterocycles. The number of fused-ring (bicyclic) bond motifs is 1. The SMILES string of the molecule is CC(C)Oc1cc2c(OC3C4C5C[C@H]3[C@H](C)C54)ccnc2cc1C(N)=O. The quantitative estimate of drug-likeness (QED) is 0.895. The number of benzene rings is 1. The van der Waals surface area contributed by atoms with Gasteiger partial charge in [0.05, 0.1) is 17.2 Å². The Morgan fingerprint density at radius 3 is 2.62 bits per heavy atom. The largest absolute Gasteiger partial charge is 0.490 e. The Morgan fingerprint density at radius 1 is 1.23 bits per heavy atom. The van der Waals surface area contributed by atoms with Gasteiger partial charge >= 0.3 is 0 Å². The average Bonchev–Trinajstić information content (AvgIpc) is 2.89. The second kappa shape index (κ2) is 5.35. The molecule has 136 valence electrons. The van der Waals surface area contributed by atoms with Crippen LogP contribution in [0.3, 0.4) is 0 Å². The Hall–Kier alpha value is -2.30. The van der Waals surface area contributed by atoms with Crippen molar-refractivity contribution in [2.24, 2.45) is 35.3 Å². The second-order valence-electron chi connectivity index (χ2n) is 8.37. The van der Waals surface area contributed by atoms with E-state index in [1.54, 1.807) is 12.3 Å². The van der Waals surface area contributed by atoms with Crippen LogP contribution in [-0.2, 0) is 0 Å². The lowest BCUT2D eigenvalue weighted by atomic mass is 9.99. The van der Waals surface area contributed by atoms with Crippen molar-refractivity contribution in [3.05, 3.63) is 30.0 Å². The number of carbonyl (C=O) groups excluding carboxylic acids is 1. The Labute approximate surface area is 152 Å². The van der Waals surface area contributed by atoms with E-state index < -0.39 is 5.91 Å². The molecule has 6 rings (SSSR count). The minimum absolute atomic E-state index is 0.0540. The topological polar surface area (TPSA) is 74.4 Å². The maximum Gasteiger partial charge on any atom is 0.252 e. The number of aromatic nitrogens is 1. The molecule has 0 radical (unpaired) electrons. The van der Waals surface area contributed by atoms with Gasteiger partial charge in [0.1, 0.15) is 17.6 Å². The van der Waals surface area contributed by atoms with Crippen LogP contribution < -0.4 is 15.2 Å². The molecule has 4 aliphatic rings. The van der Waals surface area contributed by atoms with E-state index in [0.717, 1.165) is 34.8 Å². The number of nitrogens with two attached hydrogens (primary N) is 1. The van der Waals surface area contributed by atoms with Gasteiger partial charge in [-0.3, -0.25) is 9.78 Å². The molecule has 0 saturated heterocycles. The van der Waals surface area contributed by atoms with Gasteiger partial charge in [-0.15, -0.1) is 0 Å². The third kappa shape index (κ3) is 2.15. The summed E-state index contributed by atoms with van der Waals surface area (Å²) in [7, 11) is 0. The Bertz CT molecular complexity index is 910. The lowest BCUT2D eigenvalue weighted by molar-refractivity contribution is 0.0994. The standard InChI is InChI=1S/C21H24N2O3/c1-9(2)25-17-8-12-15(7-13(17)21(22)24)23-5-4-16(12)26-20-11-6-14-18(10(11)3)19(14)20/h4-5,7-11,14,18-20H,6H2,1-3H3,(H2,22,24)/t10-,11-,14?,18?,19?,20?/m0/s1. The molecule has 6 atom stereocenters. The first kappa shape index (κ1) is 15.9. The molecule has 4 bridgehead atoms. The zero-order chi connectivity index (χ0) is 18.2. The minimum Gasteiger partial charge on any atom is -0.490 e. The summed E-state index contributed by atoms with van der Waals surface area (Å²) in [6.45, 7) is 6.23. The van der Waals surface area contributed by atoms with E-state index in [9.17, 15) is 4.79 Å². The highest BCUT2D eigenvalue weighted by atomic mass is 16.5. The summed E-state index contributed by atoms with van der Waals surface area (Å²) in [5, 5.41) is 0.877. The molecule has 1 aromatic heterocycles. The van der Waals surface area contributed by atoms with Crippen molar-refractivity contribution in [3.8, 4) is 11.5 Å². The van der Waals surface area contributed by atoms with E-state index in [1.165, 1.54) is 6.42 Å². The van der Waals surface area contributed by atoms with Crippen molar-refractivity contribution in [1.82, 2.24) is 4.98 Å². The van der Waals surface area contributed by atoms with E-state index in [2.05, 4.69) is 11.9 Å². The summed E-state index contributed by atoms with van der Waals surface area (Å²) in [5.41, 5.74) is 6.60. The molecule has 4 aliphatic carbocycles. The van der Waals surface area contributed by atoms with Gasteiger partial charge in [-0.25, -0.2) is 0 Å². The van der Waals surface area contributed by atoms with E-state index in [4.69, 9.17) is 15.2 Å². The van der Waals surface area contributed by atoms with Crippen LogP contribution in [0.25, 0.3) is 10.9 Å². The Kier molecular flexibility index (Phi) is 3.27. The lowest BCUT2D eigenvalue weighted by Crippen LogP contribution is -2.23. The number of carbonyl (C=O) groups is 1. The fourth-order valence-corrected chi connectivity index (χ4v) is 5.59. The summed E-state index contributed by atoms with van der Waals surface area (Å²) in [6.07, 6.45) is 3.31. The number of rotatable bonds is 5. The molecule has 4 saturated carbocycles. The molecule has 2 aromatic rings. The first-order chi connectivity index (χ1) is 12.5. The van der Waals surface area contributed by atoms with Crippen molar-refractivity contribution in [3.63, 3.8) is 0 Å². The third-order valence-corrected chi connectivity index (χ3v) is 6.61. The normalized spacial score (nSPS) is 33.7. The van der Waals surface area contributed by atoms with Crippen molar-refractivity contribution >= 4 is 16.8 Å². The first-order valence-corrected chi connectivity index (χ1v) is 9.51. The number of pyridine rings is 1. The summed E-state index contributed by atoms with van der Waals surface area (Å²) >= 11 is 0. The van der Waals surface area contributed by atoms with E-state index in [0.29, 0.717) is 28.9 Å². The summed E-state index contributed by atoms with van der Waals surface area (Å²) in [6, 6.07) is 5.48. The van der Waals surface area contributed by atoms with Crippen LogP contribution in [0, 0.1) is 29.6 Å². The summed E-state index contributed by atoms with van der Waals surface area (Å²) in [5.74, 6) is 4.75. The van der Waals surface area contributed by atoms with Gasteiger partial charge in [-0.05, 0) is 62.1 Å². The molecule has 0 aliphatic heterocycles. The molecule has 26 heavy (non-hydrogen) atoms. The number of hydrogen-bond donors (Lipinski definition) is 1. The number of amides is 1. The van der Waals surface area contributed by atoms with Crippen LogP contribution in [-0.4, -0.2) is 23.1 Å². The zero-order valence-electron chi connectivity index (χ0n) is 15.3. The van der Waals surface area contributed by atoms with E-state index in [-0.39, 0.29) is 6.10 Å². The molecule has 5 heteroatoms. The van der Waals surface area contributed by atoms with Crippen LogP contribution in [0.2, 0.25) is 0 Å². The second-order valence-corrected chi connectivity index (χ2v) is 8.37. The molecular weight excluding hydrogens is 328 g/mol. The zero-order valence-corrected chi connectivity index (χ0v) is 15.3. The van der Waals surface area contributed by atoms with Crippen LogP contribution in [0.1, 0.15) is 37.6 Å². The van der Waals surface area contributed by atoms with E-state index >= 15 is 0 Å². The summed E-state index contributed by atoms with van der Waals surface area (Å²) < 4.78 is 12.3. The van der Waals surface area contributed by atoms with Crippen LogP contribution in [0.15, 0.2) is 24.4 Å². The molecule has 5 nitrogen and oxygen atoms in total. The third-order valence-electron chi connectivity index (χ3n) is 6.61. The maximum absolute atomic E-state index is 11.8. The number of hydrogen-bond acceptors (Lipinski definition) is 4. The monoisotopic (exact) mass is 352 g/mol. The first-order valence-electron chi connectivity index (χ1n) is 9.51. The van der Waals surface area contributed by atoms with Crippen molar-refractivity contribution < 1.29 is 14.3 Å². The Morgan fingerprint density at radius 2 is 2.04 bits per heavy atom. The maximum atomic E-state index is 11.8. The van der Waals surface area contributed by atoms with E-state index in [1.807, 2.05) is 26.0 Å². The van der Waals surface area contributed by atoms with Crippen molar-refractivity contribution in [1.29, 1.82) is 0 Å². The predicted molar refractivity (Wildman–Crippen MR) is 98.2 cm³/mol. The number of nitrogens with zero attached hydrogens (tertiary/aromatic N) is 1. The molecular formula is C21H24N2O3. The van der Waals surface area contributed by atoms with Gasteiger partial charge in [0, 0.05) is 17.5 Å². The predicted octanol–water partition coefficient (Wildman–Crippen LogP) is 3.40. The van der Waals surface area contributed by atoms with Gasteiger partial charge in [-0.2, -0.15) is 0 Å². The minimum atomic E-state index is -0.512. The molecule has 2 N–H and O–H groups in total. The number of ether oxygens (including phenoxy) is 2. The fraction of sp³-hybridized carbons (Fsp3) is 0.524. The van der Waals surface area contributed by atoms with Crippen LogP contribution in [0.5, 0.6) is 11.5 Å². The summed E-state index contributed by atoms with van der Waals surface area (Å²) in [4.78, 5) is 16.2. The van der Waals surface area contributed by atoms with Gasteiger partial charge in [-0.1, -0.05) is 6.92 Å².